The van der Waals surface area contributed by atoms with Crippen LogP contribution in [0.15, 0.2) is 34.5 Å². The van der Waals surface area contributed by atoms with Gasteiger partial charge in [0.05, 0.1) is 12.1 Å². The monoisotopic (exact) mass is 216 g/mol. The molecule has 0 aromatic heterocycles. The molecule has 82 valence electrons. The van der Waals surface area contributed by atoms with Gasteiger partial charge in [0, 0.05) is 9.82 Å². The maximum Gasteiger partial charge on any atom is 0.0599 e. The fourth-order valence-corrected chi connectivity index (χ4v) is 1.55. The molecule has 0 radical (unpaired) electrons. The van der Waals surface area contributed by atoms with Crippen molar-refractivity contribution in [1.82, 2.24) is 0 Å². The number of rotatable bonds is 4. The molecule has 0 bridgehead atoms. The van der Waals surface area contributed by atoms with E-state index < -0.39 is 0 Å². The standard InChI is InChI=1S/C10H12N6/c1-7(13-15-11)9-5-3-4-6-10(9)8(2)14-16-12/h3-8H,1-2H3. The van der Waals surface area contributed by atoms with Gasteiger partial charge in [-0.1, -0.05) is 48.3 Å². The zero-order chi connectivity index (χ0) is 12.0. The Balaban J connectivity index is 3.18. The average Bonchev–Trinajstić information content (AvgIpc) is 2.30. The number of hydrogen-bond acceptors (Lipinski definition) is 2. The van der Waals surface area contributed by atoms with Gasteiger partial charge < -0.3 is 0 Å². The van der Waals surface area contributed by atoms with Crippen LogP contribution in [0.2, 0.25) is 0 Å². The third-order valence-corrected chi connectivity index (χ3v) is 2.35. The van der Waals surface area contributed by atoms with E-state index in [1.54, 1.807) is 13.8 Å². The summed E-state index contributed by atoms with van der Waals surface area (Å²) in [5.41, 5.74) is 18.6. The zero-order valence-electron chi connectivity index (χ0n) is 9.15. The van der Waals surface area contributed by atoms with Crippen LogP contribution >= 0.6 is 0 Å². The molecule has 0 aliphatic heterocycles. The topological polar surface area (TPSA) is 97.5 Å². The van der Waals surface area contributed by atoms with Gasteiger partial charge in [0.25, 0.3) is 0 Å². The molecule has 0 saturated heterocycles. The summed E-state index contributed by atoms with van der Waals surface area (Å²) >= 11 is 0. The summed E-state index contributed by atoms with van der Waals surface area (Å²) in [6.45, 7) is 3.61. The van der Waals surface area contributed by atoms with Crippen LogP contribution in [0.25, 0.3) is 20.9 Å². The maximum atomic E-state index is 8.41. The van der Waals surface area contributed by atoms with Gasteiger partial charge in [-0.15, -0.1) is 0 Å². The van der Waals surface area contributed by atoms with Crippen molar-refractivity contribution < 1.29 is 0 Å². The van der Waals surface area contributed by atoms with Gasteiger partial charge >= 0.3 is 0 Å². The lowest BCUT2D eigenvalue weighted by molar-refractivity contribution is 0.739. The molecule has 6 heteroatoms. The molecule has 0 saturated carbocycles. The van der Waals surface area contributed by atoms with E-state index in [4.69, 9.17) is 11.1 Å². The first-order chi connectivity index (χ1) is 7.70. The quantitative estimate of drug-likeness (QED) is 0.404. The molecule has 2 unspecified atom stereocenters. The minimum Gasteiger partial charge on any atom is -0.0862 e. The van der Waals surface area contributed by atoms with Crippen LogP contribution in [0.1, 0.15) is 37.1 Å². The molecule has 0 fully saturated rings. The van der Waals surface area contributed by atoms with E-state index in [1.807, 2.05) is 24.3 Å². The van der Waals surface area contributed by atoms with E-state index in [2.05, 4.69) is 20.1 Å². The van der Waals surface area contributed by atoms with E-state index >= 15 is 0 Å². The van der Waals surface area contributed by atoms with Crippen molar-refractivity contribution in [3.8, 4) is 0 Å². The molecule has 6 nitrogen and oxygen atoms in total. The Kier molecular flexibility index (Phi) is 4.21. The Morgan fingerprint density at radius 2 is 1.31 bits per heavy atom. The van der Waals surface area contributed by atoms with Gasteiger partial charge in [-0.2, -0.15) is 0 Å². The van der Waals surface area contributed by atoms with Crippen molar-refractivity contribution in [2.75, 3.05) is 0 Å². The molecule has 0 spiro atoms. The second-order valence-corrected chi connectivity index (χ2v) is 3.39. The van der Waals surface area contributed by atoms with Gasteiger partial charge in [0.1, 0.15) is 0 Å². The van der Waals surface area contributed by atoms with Crippen LogP contribution in [0.5, 0.6) is 0 Å². The van der Waals surface area contributed by atoms with E-state index in [0.717, 1.165) is 11.1 Å². The van der Waals surface area contributed by atoms with Crippen LogP contribution in [0, 0.1) is 0 Å². The summed E-state index contributed by atoms with van der Waals surface area (Å²) in [6, 6.07) is 6.95. The Hall–Kier alpha value is -2.16. The van der Waals surface area contributed by atoms with E-state index in [-0.39, 0.29) is 12.1 Å². The Morgan fingerprint density at radius 3 is 1.62 bits per heavy atom. The number of azide groups is 2. The van der Waals surface area contributed by atoms with Crippen LogP contribution in [0.4, 0.5) is 0 Å². The minimum atomic E-state index is -0.266. The lowest BCUT2D eigenvalue weighted by Crippen LogP contribution is -1.98. The molecule has 0 amide bonds. The highest BCUT2D eigenvalue weighted by molar-refractivity contribution is 5.32. The second-order valence-electron chi connectivity index (χ2n) is 3.39. The molecular weight excluding hydrogens is 204 g/mol. The first-order valence-corrected chi connectivity index (χ1v) is 4.88. The van der Waals surface area contributed by atoms with Crippen molar-refractivity contribution in [1.29, 1.82) is 0 Å². The molecule has 2 atom stereocenters. The summed E-state index contributed by atoms with van der Waals surface area (Å²) in [5.74, 6) is 0. The molecule has 1 aromatic rings. The summed E-state index contributed by atoms with van der Waals surface area (Å²) in [6.07, 6.45) is 0. The van der Waals surface area contributed by atoms with Crippen molar-refractivity contribution in [3.63, 3.8) is 0 Å². The number of benzene rings is 1. The van der Waals surface area contributed by atoms with Crippen LogP contribution < -0.4 is 0 Å². The first-order valence-electron chi connectivity index (χ1n) is 4.88. The summed E-state index contributed by atoms with van der Waals surface area (Å²) in [7, 11) is 0. The van der Waals surface area contributed by atoms with Gasteiger partial charge in [-0.05, 0) is 22.2 Å². The predicted molar refractivity (Wildman–Crippen MR) is 61.6 cm³/mol. The largest absolute Gasteiger partial charge is 0.0862 e. The molecule has 1 rings (SSSR count). The van der Waals surface area contributed by atoms with Gasteiger partial charge in [-0.25, -0.2) is 0 Å². The SMILES string of the molecule is CC(N=[N+]=[N-])c1ccccc1C(C)N=[N+]=[N-]. The summed E-state index contributed by atoms with van der Waals surface area (Å²) < 4.78 is 0. The van der Waals surface area contributed by atoms with Crippen molar-refractivity contribution >= 4 is 0 Å². The molecule has 0 N–H and O–H groups in total. The number of hydrogen-bond donors (Lipinski definition) is 0. The summed E-state index contributed by atoms with van der Waals surface area (Å²) in [4.78, 5) is 5.56. The highest BCUT2D eigenvalue weighted by atomic mass is 15.2. The Morgan fingerprint density at radius 1 is 0.938 bits per heavy atom. The predicted octanol–water partition coefficient (Wildman–Crippen LogP) is 4.43. The fourth-order valence-electron chi connectivity index (χ4n) is 1.55. The normalized spacial score (nSPS) is 13.1. The van der Waals surface area contributed by atoms with Gasteiger partial charge in [0.2, 0.25) is 0 Å². The number of nitrogens with zero attached hydrogens (tertiary/aromatic N) is 6. The van der Waals surface area contributed by atoms with Crippen molar-refractivity contribution in [2.45, 2.75) is 25.9 Å². The lowest BCUT2D eigenvalue weighted by atomic mass is 9.97. The summed E-state index contributed by atoms with van der Waals surface area (Å²) in [5, 5.41) is 7.29. The molecule has 0 aliphatic carbocycles. The van der Waals surface area contributed by atoms with Crippen LogP contribution in [0.3, 0.4) is 0 Å². The van der Waals surface area contributed by atoms with E-state index in [9.17, 15) is 0 Å². The third kappa shape index (κ3) is 2.67. The van der Waals surface area contributed by atoms with Crippen molar-refractivity contribution in [3.05, 3.63) is 56.3 Å². The van der Waals surface area contributed by atoms with Crippen LogP contribution in [-0.2, 0) is 0 Å². The highest BCUT2D eigenvalue weighted by Crippen LogP contribution is 2.27. The fraction of sp³-hybridized carbons (Fsp3) is 0.400. The first kappa shape index (κ1) is 11.9. The van der Waals surface area contributed by atoms with Crippen LogP contribution in [-0.4, -0.2) is 0 Å². The Labute approximate surface area is 93.2 Å². The second kappa shape index (κ2) is 5.66. The lowest BCUT2D eigenvalue weighted by Gasteiger charge is -2.14. The highest BCUT2D eigenvalue weighted by Gasteiger charge is 2.12. The van der Waals surface area contributed by atoms with E-state index in [1.165, 1.54) is 0 Å². The molecule has 0 heterocycles. The molecule has 1 aromatic carbocycles. The van der Waals surface area contributed by atoms with Gasteiger partial charge in [0.15, 0.2) is 0 Å². The zero-order valence-corrected chi connectivity index (χ0v) is 9.15. The third-order valence-electron chi connectivity index (χ3n) is 2.35. The Bertz CT molecular complexity index is 413. The van der Waals surface area contributed by atoms with Gasteiger partial charge in [-0.3, -0.25) is 0 Å². The average molecular weight is 216 g/mol. The van der Waals surface area contributed by atoms with Crippen molar-refractivity contribution in [2.24, 2.45) is 10.2 Å². The molecular formula is C10H12N6. The molecule has 0 aliphatic rings. The maximum absolute atomic E-state index is 8.41. The minimum absolute atomic E-state index is 0.266. The van der Waals surface area contributed by atoms with E-state index in [0.29, 0.717) is 0 Å². The smallest absolute Gasteiger partial charge is 0.0599 e. The molecule has 16 heavy (non-hydrogen) atoms.